The Kier molecular flexibility index (Phi) is 5.32. The molecule has 0 radical (unpaired) electrons. The highest BCUT2D eigenvalue weighted by atomic mass is 32.2. The molecule has 0 saturated heterocycles. The van der Waals surface area contributed by atoms with E-state index in [1.807, 2.05) is 31.2 Å². The van der Waals surface area contributed by atoms with Crippen LogP contribution in [0.25, 0.3) is 0 Å². The molecule has 3 N–H and O–H groups in total. The summed E-state index contributed by atoms with van der Waals surface area (Å²) >= 11 is 0. The van der Waals surface area contributed by atoms with Gasteiger partial charge in [-0.2, -0.15) is 0 Å². The minimum Gasteiger partial charge on any atom is -0.496 e. The van der Waals surface area contributed by atoms with Crippen molar-refractivity contribution in [2.45, 2.75) is 37.2 Å². The van der Waals surface area contributed by atoms with Crippen LogP contribution >= 0.6 is 0 Å². The van der Waals surface area contributed by atoms with Crippen molar-refractivity contribution in [1.29, 1.82) is 0 Å². The quantitative estimate of drug-likeness (QED) is 0.841. The first-order chi connectivity index (χ1) is 11.1. The summed E-state index contributed by atoms with van der Waals surface area (Å²) in [6.07, 6.45) is 0. The number of hydrogen-bond donors (Lipinski definition) is 2. The zero-order valence-electron chi connectivity index (χ0n) is 14.4. The summed E-state index contributed by atoms with van der Waals surface area (Å²) in [5.74, 6) is 0.826. The number of rotatable bonds is 6. The van der Waals surface area contributed by atoms with Gasteiger partial charge in [-0.1, -0.05) is 30.3 Å². The summed E-state index contributed by atoms with van der Waals surface area (Å²) in [4.78, 5) is 0.113. The first kappa shape index (κ1) is 18.4. The van der Waals surface area contributed by atoms with E-state index in [-0.39, 0.29) is 16.5 Å². The lowest BCUT2D eigenvalue weighted by Crippen LogP contribution is -2.38. The fourth-order valence-electron chi connectivity index (χ4n) is 2.81. The maximum absolute atomic E-state index is 11.3. The van der Waals surface area contributed by atoms with Crippen molar-refractivity contribution in [3.05, 3.63) is 59.7 Å². The molecular weight excluding hydrogens is 324 g/mol. The SMILES string of the molecule is COc1ccccc1C(C)(C)NC(C)c1ccc(S(N)(=O)=O)cc1. The number of primary sulfonamides is 1. The fourth-order valence-corrected chi connectivity index (χ4v) is 3.32. The average molecular weight is 348 g/mol. The van der Waals surface area contributed by atoms with Crippen molar-refractivity contribution < 1.29 is 13.2 Å². The maximum Gasteiger partial charge on any atom is 0.238 e. The second-order valence-electron chi connectivity index (χ2n) is 6.31. The Bertz CT molecular complexity index is 799. The van der Waals surface area contributed by atoms with Gasteiger partial charge in [0, 0.05) is 17.1 Å². The molecule has 1 atom stereocenters. The van der Waals surface area contributed by atoms with E-state index in [0.29, 0.717) is 0 Å². The van der Waals surface area contributed by atoms with Gasteiger partial charge >= 0.3 is 0 Å². The topological polar surface area (TPSA) is 81.4 Å². The molecule has 0 aliphatic rings. The van der Waals surface area contributed by atoms with Gasteiger partial charge in [-0.05, 0) is 44.5 Å². The van der Waals surface area contributed by atoms with Crippen LogP contribution in [0.4, 0.5) is 0 Å². The number of methoxy groups -OCH3 is 1. The highest BCUT2D eigenvalue weighted by Crippen LogP contribution is 2.31. The molecule has 0 fully saturated rings. The van der Waals surface area contributed by atoms with Gasteiger partial charge in [0.25, 0.3) is 0 Å². The molecule has 2 aromatic carbocycles. The van der Waals surface area contributed by atoms with Gasteiger partial charge in [-0.25, -0.2) is 13.6 Å². The van der Waals surface area contributed by atoms with Gasteiger partial charge in [0.2, 0.25) is 10.0 Å². The van der Waals surface area contributed by atoms with Crippen molar-refractivity contribution >= 4 is 10.0 Å². The predicted molar refractivity (Wildman–Crippen MR) is 95.4 cm³/mol. The zero-order valence-corrected chi connectivity index (χ0v) is 15.2. The number of nitrogens with two attached hydrogens (primary N) is 1. The second kappa shape index (κ2) is 6.93. The summed E-state index contributed by atoms with van der Waals surface area (Å²) in [7, 11) is -2.01. The molecular formula is C18H24N2O3S. The number of para-hydroxylation sites is 1. The summed E-state index contributed by atoms with van der Waals surface area (Å²) < 4.78 is 28.1. The van der Waals surface area contributed by atoms with Gasteiger partial charge in [0.15, 0.2) is 0 Å². The third kappa shape index (κ3) is 4.14. The summed E-state index contributed by atoms with van der Waals surface area (Å²) in [5.41, 5.74) is 1.70. The normalized spacial score (nSPS) is 13.5. The third-order valence-electron chi connectivity index (χ3n) is 4.07. The molecule has 5 nitrogen and oxygen atoms in total. The molecule has 0 heterocycles. The molecule has 0 aromatic heterocycles. The molecule has 2 rings (SSSR count). The van der Waals surface area contributed by atoms with Crippen molar-refractivity contribution in [1.82, 2.24) is 5.32 Å². The predicted octanol–water partition coefficient (Wildman–Crippen LogP) is 2.93. The lowest BCUT2D eigenvalue weighted by atomic mass is 9.91. The van der Waals surface area contributed by atoms with Crippen LogP contribution in [-0.2, 0) is 15.6 Å². The van der Waals surface area contributed by atoms with E-state index < -0.39 is 10.0 Å². The zero-order chi connectivity index (χ0) is 18.0. The Balaban J connectivity index is 2.23. The Morgan fingerprint density at radius 3 is 2.21 bits per heavy atom. The van der Waals surface area contributed by atoms with E-state index in [0.717, 1.165) is 16.9 Å². The fraction of sp³-hybridized carbons (Fsp3) is 0.333. The lowest BCUT2D eigenvalue weighted by molar-refractivity contribution is 0.333. The molecule has 0 aliphatic carbocycles. The van der Waals surface area contributed by atoms with Crippen LogP contribution in [-0.4, -0.2) is 15.5 Å². The van der Waals surface area contributed by atoms with Crippen LogP contribution in [0.1, 0.15) is 37.9 Å². The summed E-state index contributed by atoms with van der Waals surface area (Å²) in [6, 6.07) is 14.5. The van der Waals surface area contributed by atoms with E-state index in [1.165, 1.54) is 12.1 Å². The monoisotopic (exact) mass is 348 g/mol. The molecule has 24 heavy (non-hydrogen) atoms. The first-order valence-corrected chi connectivity index (χ1v) is 9.24. The van der Waals surface area contributed by atoms with Gasteiger partial charge < -0.3 is 10.1 Å². The van der Waals surface area contributed by atoms with Crippen molar-refractivity contribution in [3.63, 3.8) is 0 Å². The molecule has 0 saturated carbocycles. The number of benzene rings is 2. The molecule has 2 aromatic rings. The molecule has 6 heteroatoms. The smallest absolute Gasteiger partial charge is 0.238 e. The van der Waals surface area contributed by atoms with Gasteiger partial charge in [-0.3, -0.25) is 0 Å². The van der Waals surface area contributed by atoms with Crippen molar-refractivity contribution in [3.8, 4) is 5.75 Å². The minimum atomic E-state index is -3.67. The average Bonchev–Trinajstić information content (AvgIpc) is 2.53. The number of ether oxygens (including phenoxy) is 1. The molecule has 0 amide bonds. The molecule has 0 spiro atoms. The number of sulfonamides is 1. The Morgan fingerprint density at radius 1 is 1.08 bits per heavy atom. The van der Waals surface area contributed by atoms with Gasteiger partial charge in [-0.15, -0.1) is 0 Å². The Hall–Kier alpha value is -1.89. The van der Waals surface area contributed by atoms with Crippen LogP contribution < -0.4 is 15.2 Å². The van der Waals surface area contributed by atoms with Gasteiger partial charge in [0.1, 0.15) is 5.75 Å². The third-order valence-corrected chi connectivity index (χ3v) is 5.00. The van der Waals surface area contributed by atoms with E-state index in [2.05, 4.69) is 19.2 Å². The highest BCUT2D eigenvalue weighted by Gasteiger charge is 2.26. The molecule has 0 aliphatic heterocycles. The van der Waals surface area contributed by atoms with E-state index in [9.17, 15) is 8.42 Å². The maximum atomic E-state index is 11.3. The van der Waals surface area contributed by atoms with Crippen LogP contribution in [0.2, 0.25) is 0 Å². The van der Waals surface area contributed by atoms with Crippen LogP contribution in [0.5, 0.6) is 5.75 Å². The minimum absolute atomic E-state index is 0.0134. The summed E-state index contributed by atoms with van der Waals surface area (Å²) in [6.45, 7) is 6.20. The van der Waals surface area contributed by atoms with Crippen molar-refractivity contribution in [2.75, 3.05) is 7.11 Å². The number of hydrogen-bond acceptors (Lipinski definition) is 4. The molecule has 0 bridgehead atoms. The Morgan fingerprint density at radius 2 is 1.67 bits per heavy atom. The highest BCUT2D eigenvalue weighted by molar-refractivity contribution is 7.89. The summed E-state index contributed by atoms with van der Waals surface area (Å²) in [5, 5.41) is 8.70. The molecule has 1 unspecified atom stereocenters. The second-order valence-corrected chi connectivity index (χ2v) is 7.87. The van der Waals surface area contributed by atoms with E-state index >= 15 is 0 Å². The first-order valence-electron chi connectivity index (χ1n) is 7.69. The van der Waals surface area contributed by atoms with E-state index in [4.69, 9.17) is 9.88 Å². The van der Waals surface area contributed by atoms with Crippen LogP contribution in [0, 0.1) is 0 Å². The van der Waals surface area contributed by atoms with Gasteiger partial charge in [0.05, 0.1) is 12.0 Å². The Labute approximate surface area is 143 Å². The largest absolute Gasteiger partial charge is 0.496 e. The lowest BCUT2D eigenvalue weighted by Gasteiger charge is -2.32. The van der Waals surface area contributed by atoms with Crippen LogP contribution in [0.3, 0.4) is 0 Å². The number of nitrogens with one attached hydrogen (secondary N) is 1. The van der Waals surface area contributed by atoms with Crippen molar-refractivity contribution in [2.24, 2.45) is 5.14 Å². The van der Waals surface area contributed by atoms with Crippen LogP contribution in [0.15, 0.2) is 53.4 Å². The van der Waals surface area contributed by atoms with E-state index in [1.54, 1.807) is 19.2 Å². The standard InChI is InChI=1S/C18H24N2O3S/c1-13(14-9-11-15(12-10-14)24(19,21)22)20-18(2,3)16-7-5-6-8-17(16)23-4/h5-13,20H,1-4H3,(H2,19,21,22). The molecule has 130 valence electrons.